The van der Waals surface area contributed by atoms with Gasteiger partial charge in [-0.1, -0.05) is 6.07 Å². The number of aliphatic hydroxyl groups is 1. The first-order chi connectivity index (χ1) is 8.11. The minimum Gasteiger partial charge on any atom is -0.394 e. The van der Waals surface area contributed by atoms with E-state index >= 15 is 0 Å². The molecule has 0 aliphatic carbocycles. The van der Waals surface area contributed by atoms with Crippen LogP contribution in [0.1, 0.15) is 11.1 Å². The van der Waals surface area contributed by atoms with Gasteiger partial charge in [-0.25, -0.2) is 0 Å². The molecule has 1 atom stereocenters. The summed E-state index contributed by atoms with van der Waals surface area (Å²) in [5, 5.41) is 9.50. The quantitative estimate of drug-likeness (QED) is 0.838. The van der Waals surface area contributed by atoms with Crippen LogP contribution in [0.2, 0.25) is 0 Å². The van der Waals surface area contributed by atoms with E-state index in [2.05, 4.69) is 48.9 Å². The highest BCUT2D eigenvalue weighted by Gasteiger charge is 2.24. The summed E-state index contributed by atoms with van der Waals surface area (Å²) in [5.74, 6) is 0. The van der Waals surface area contributed by atoms with Gasteiger partial charge >= 0.3 is 0 Å². The molecule has 0 saturated carbocycles. The van der Waals surface area contributed by atoms with E-state index in [9.17, 15) is 5.11 Å². The van der Waals surface area contributed by atoms with Crippen LogP contribution in [0.25, 0.3) is 0 Å². The van der Waals surface area contributed by atoms with Crippen molar-refractivity contribution < 1.29 is 5.11 Å². The molecule has 0 radical (unpaired) electrons. The van der Waals surface area contributed by atoms with Crippen molar-refractivity contribution >= 4 is 5.69 Å². The molecule has 1 heterocycles. The van der Waals surface area contributed by atoms with Gasteiger partial charge in [0.05, 0.1) is 12.6 Å². The van der Waals surface area contributed by atoms with Gasteiger partial charge in [0.1, 0.15) is 0 Å². The van der Waals surface area contributed by atoms with Crippen molar-refractivity contribution in [2.24, 2.45) is 0 Å². The van der Waals surface area contributed by atoms with Crippen molar-refractivity contribution in [2.45, 2.75) is 19.9 Å². The second-order valence-corrected chi connectivity index (χ2v) is 5.06. The van der Waals surface area contributed by atoms with Gasteiger partial charge in [-0.15, -0.1) is 0 Å². The molecule has 0 spiro atoms. The molecule has 3 nitrogen and oxygen atoms in total. The molecule has 1 unspecified atom stereocenters. The van der Waals surface area contributed by atoms with Crippen molar-refractivity contribution in [2.75, 3.05) is 38.2 Å². The smallest absolute Gasteiger partial charge is 0.0648 e. The van der Waals surface area contributed by atoms with Gasteiger partial charge < -0.3 is 14.9 Å². The average molecular weight is 234 g/mol. The van der Waals surface area contributed by atoms with Crippen LogP contribution in [0.15, 0.2) is 18.2 Å². The lowest BCUT2D eigenvalue weighted by Gasteiger charge is -2.40. The van der Waals surface area contributed by atoms with Crippen LogP contribution in [0.4, 0.5) is 5.69 Å². The first-order valence-electron chi connectivity index (χ1n) is 6.25. The van der Waals surface area contributed by atoms with Crippen LogP contribution in [-0.2, 0) is 0 Å². The SMILES string of the molecule is Cc1ccc(N2CCN(C)CC2CO)cc1C. The van der Waals surface area contributed by atoms with Crippen molar-refractivity contribution in [3.8, 4) is 0 Å². The number of rotatable bonds is 2. The Labute approximate surface area is 104 Å². The molecule has 1 aromatic rings. The van der Waals surface area contributed by atoms with Crippen molar-refractivity contribution in [3.05, 3.63) is 29.3 Å². The van der Waals surface area contributed by atoms with Crippen molar-refractivity contribution in [1.29, 1.82) is 0 Å². The van der Waals surface area contributed by atoms with Crippen LogP contribution >= 0.6 is 0 Å². The molecule has 1 saturated heterocycles. The standard InChI is InChI=1S/C14H22N2O/c1-11-4-5-13(8-12(11)2)16-7-6-15(3)9-14(16)10-17/h4-5,8,14,17H,6-7,9-10H2,1-3H3. The maximum absolute atomic E-state index is 9.50. The number of aliphatic hydroxyl groups excluding tert-OH is 1. The summed E-state index contributed by atoms with van der Waals surface area (Å²) in [6.45, 7) is 7.48. The molecule has 94 valence electrons. The number of aryl methyl sites for hydroxylation is 2. The molecular weight excluding hydrogens is 212 g/mol. The maximum atomic E-state index is 9.50. The molecular formula is C14H22N2O. The average Bonchev–Trinajstić information content (AvgIpc) is 2.32. The van der Waals surface area contributed by atoms with E-state index in [1.165, 1.54) is 16.8 Å². The second kappa shape index (κ2) is 5.07. The zero-order valence-electron chi connectivity index (χ0n) is 11.0. The minimum absolute atomic E-state index is 0.218. The number of likely N-dealkylation sites (N-methyl/N-ethyl adjacent to an activating group) is 1. The van der Waals surface area contributed by atoms with Crippen LogP contribution in [-0.4, -0.2) is 49.3 Å². The molecule has 2 rings (SSSR count). The monoisotopic (exact) mass is 234 g/mol. The fraction of sp³-hybridized carbons (Fsp3) is 0.571. The largest absolute Gasteiger partial charge is 0.394 e. The number of nitrogens with zero attached hydrogens (tertiary/aromatic N) is 2. The van der Waals surface area contributed by atoms with Gasteiger partial charge in [0, 0.05) is 25.3 Å². The third-order valence-corrected chi connectivity index (χ3v) is 3.72. The highest BCUT2D eigenvalue weighted by Crippen LogP contribution is 2.22. The lowest BCUT2D eigenvalue weighted by atomic mass is 10.1. The van der Waals surface area contributed by atoms with Crippen LogP contribution in [0.5, 0.6) is 0 Å². The highest BCUT2D eigenvalue weighted by atomic mass is 16.3. The van der Waals surface area contributed by atoms with E-state index in [0.717, 1.165) is 19.6 Å². The summed E-state index contributed by atoms with van der Waals surface area (Å²) in [7, 11) is 2.11. The Bertz CT molecular complexity index is 392. The molecule has 17 heavy (non-hydrogen) atoms. The molecule has 0 bridgehead atoms. The second-order valence-electron chi connectivity index (χ2n) is 5.06. The predicted octanol–water partition coefficient (Wildman–Crippen LogP) is 1.42. The Balaban J connectivity index is 2.22. The van der Waals surface area contributed by atoms with Crippen LogP contribution in [0.3, 0.4) is 0 Å². The number of hydrogen-bond donors (Lipinski definition) is 1. The molecule has 1 aromatic carbocycles. The molecule has 1 aliphatic heterocycles. The summed E-state index contributed by atoms with van der Waals surface area (Å²) < 4.78 is 0. The predicted molar refractivity (Wildman–Crippen MR) is 71.6 cm³/mol. The van der Waals surface area contributed by atoms with Gasteiger partial charge in [0.2, 0.25) is 0 Å². The van der Waals surface area contributed by atoms with E-state index in [0.29, 0.717) is 0 Å². The maximum Gasteiger partial charge on any atom is 0.0648 e. The fourth-order valence-corrected chi connectivity index (χ4v) is 2.41. The van der Waals surface area contributed by atoms with E-state index in [4.69, 9.17) is 0 Å². The Hall–Kier alpha value is -1.06. The fourth-order valence-electron chi connectivity index (χ4n) is 2.41. The summed E-state index contributed by atoms with van der Waals surface area (Å²) in [4.78, 5) is 4.60. The van der Waals surface area contributed by atoms with Crippen LogP contribution < -0.4 is 4.90 Å². The van der Waals surface area contributed by atoms with Crippen LogP contribution in [0, 0.1) is 13.8 Å². The molecule has 0 aromatic heterocycles. The number of piperazine rings is 1. The Morgan fingerprint density at radius 2 is 2.00 bits per heavy atom. The number of anilines is 1. The zero-order chi connectivity index (χ0) is 12.4. The van der Waals surface area contributed by atoms with Gasteiger partial charge in [-0.2, -0.15) is 0 Å². The first-order valence-corrected chi connectivity index (χ1v) is 6.25. The van der Waals surface area contributed by atoms with Gasteiger partial charge in [-0.05, 0) is 44.2 Å². The normalized spacial score (nSPS) is 21.9. The molecule has 3 heteroatoms. The Morgan fingerprint density at radius 1 is 1.24 bits per heavy atom. The van der Waals surface area contributed by atoms with Gasteiger partial charge in [0.25, 0.3) is 0 Å². The number of benzene rings is 1. The van der Waals surface area contributed by atoms with E-state index < -0.39 is 0 Å². The summed E-state index contributed by atoms with van der Waals surface area (Å²) >= 11 is 0. The zero-order valence-corrected chi connectivity index (χ0v) is 11.0. The summed E-state index contributed by atoms with van der Waals surface area (Å²) in [5.41, 5.74) is 3.88. The van der Waals surface area contributed by atoms with E-state index in [1.807, 2.05) is 0 Å². The topological polar surface area (TPSA) is 26.7 Å². The van der Waals surface area contributed by atoms with E-state index in [1.54, 1.807) is 0 Å². The van der Waals surface area contributed by atoms with Crippen molar-refractivity contribution in [1.82, 2.24) is 4.90 Å². The van der Waals surface area contributed by atoms with Gasteiger partial charge in [-0.3, -0.25) is 0 Å². The molecule has 1 aliphatic rings. The lowest BCUT2D eigenvalue weighted by molar-refractivity contribution is 0.191. The summed E-state index contributed by atoms with van der Waals surface area (Å²) in [6.07, 6.45) is 0. The lowest BCUT2D eigenvalue weighted by Crippen LogP contribution is -2.53. The highest BCUT2D eigenvalue weighted by molar-refractivity contribution is 5.52. The Kier molecular flexibility index (Phi) is 3.69. The van der Waals surface area contributed by atoms with Crippen molar-refractivity contribution in [3.63, 3.8) is 0 Å². The third-order valence-electron chi connectivity index (χ3n) is 3.72. The minimum atomic E-state index is 0.218. The summed E-state index contributed by atoms with van der Waals surface area (Å²) in [6, 6.07) is 6.77. The first kappa shape index (κ1) is 12.4. The van der Waals surface area contributed by atoms with Gasteiger partial charge in [0.15, 0.2) is 0 Å². The molecule has 0 amide bonds. The molecule has 1 N–H and O–H groups in total. The Morgan fingerprint density at radius 3 is 2.65 bits per heavy atom. The third kappa shape index (κ3) is 2.61. The van der Waals surface area contributed by atoms with E-state index in [-0.39, 0.29) is 12.6 Å². The molecule has 1 fully saturated rings. The number of hydrogen-bond acceptors (Lipinski definition) is 3.